The number of benzene rings is 2. The summed E-state index contributed by atoms with van der Waals surface area (Å²) in [5.41, 5.74) is 8.10. The maximum Gasteiger partial charge on any atom is 0.356 e. The molecule has 0 spiro atoms. The fourth-order valence-corrected chi connectivity index (χ4v) is 3.07. The molecule has 104 valence electrons. The summed E-state index contributed by atoms with van der Waals surface area (Å²) in [5, 5.41) is 10.1. The number of nitrogens with zero attached hydrogens (tertiary/aromatic N) is 1. The van der Waals surface area contributed by atoms with E-state index in [0.717, 1.165) is 11.1 Å². The van der Waals surface area contributed by atoms with E-state index in [1.807, 2.05) is 42.5 Å². The van der Waals surface area contributed by atoms with Gasteiger partial charge in [-0.3, -0.25) is 0 Å². The molecule has 0 saturated heterocycles. The van der Waals surface area contributed by atoms with Crippen molar-refractivity contribution in [2.24, 2.45) is 0 Å². The summed E-state index contributed by atoms with van der Waals surface area (Å²) >= 11 is 1.37. The minimum atomic E-state index is -1.03. The highest BCUT2D eigenvalue weighted by atomic mass is 32.1. The number of rotatable bonds is 3. The lowest BCUT2D eigenvalue weighted by Crippen LogP contribution is -1.98. The monoisotopic (exact) mass is 296 g/mol. The van der Waals surface area contributed by atoms with E-state index < -0.39 is 5.97 Å². The summed E-state index contributed by atoms with van der Waals surface area (Å²) in [5.74, 6) is -1.03. The van der Waals surface area contributed by atoms with Crippen molar-refractivity contribution in [2.45, 2.75) is 0 Å². The van der Waals surface area contributed by atoms with Gasteiger partial charge in [0, 0.05) is 11.3 Å². The first-order valence-corrected chi connectivity index (χ1v) is 7.12. The highest BCUT2D eigenvalue weighted by Crippen LogP contribution is 2.35. The zero-order chi connectivity index (χ0) is 14.8. The summed E-state index contributed by atoms with van der Waals surface area (Å²) in [6, 6.07) is 16.7. The van der Waals surface area contributed by atoms with Gasteiger partial charge in [0.15, 0.2) is 5.69 Å². The van der Waals surface area contributed by atoms with Gasteiger partial charge < -0.3 is 10.8 Å². The molecule has 1 aromatic heterocycles. The van der Waals surface area contributed by atoms with Crippen molar-refractivity contribution in [1.82, 2.24) is 4.98 Å². The molecule has 2 aromatic carbocycles. The average Bonchev–Trinajstić information content (AvgIpc) is 2.94. The van der Waals surface area contributed by atoms with Gasteiger partial charge in [0.1, 0.15) is 5.01 Å². The Hall–Kier alpha value is -2.66. The lowest BCUT2D eigenvalue weighted by atomic mass is 10.1. The molecule has 0 bridgehead atoms. The molecule has 3 rings (SSSR count). The Morgan fingerprint density at radius 1 is 1.00 bits per heavy atom. The molecular weight excluding hydrogens is 284 g/mol. The van der Waals surface area contributed by atoms with Crippen LogP contribution in [0.15, 0.2) is 54.6 Å². The summed E-state index contributed by atoms with van der Waals surface area (Å²) < 4.78 is 0. The Balaban J connectivity index is 2.14. The largest absolute Gasteiger partial charge is 0.476 e. The first kappa shape index (κ1) is 13.3. The van der Waals surface area contributed by atoms with Crippen molar-refractivity contribution in [3.63, 3.8) is 0 Å². The molecule has 0 atom stereocenters. The molecule has 3 N–H and O–H groups in total. The van der Waals surface area contributed by atoms with Crippen LogP contribution in [0.3, 0.4) is 0 Å². The van der Waals surface area contributed by atoms with E-state index in [9.17, 15) is 9.90 Å². The van der Waals surface area contributed by atoms with Gasteiger partial charge in [-0.2, -0.15) is 0 Å². The molecule has 4 nitrogen and oxygen atoms in total. The number of nitrogens with two attached hydrogens (primary N) is 1. The second-order valence-electron chi connectivity index (χ2n) is 4.49. The van der Waals surface area contributed by atoms with Crippen LogP contribution in [0.5, 0.6) is 0 Å². The highest BCUT2D eigenvalue weighted by Gasteiger charge is 2.19. The number of carbonyl (C=O) groups is 1. The third-order valence-corrected chi connectivity index (χ3v) is 4.18. The Labute approximate surface area is 125 Å². The molecule has 5 heteroatoms. The van der Waals surface area contributed by atoms with E-state index in [-0.39, 0.29) is 5.69 Å². The van der Waals surface area contributed by atoms with Crippen LogP contribution in [0.25, 0.3) is 21.0 Å². The van der Waals surface area contributed by atoms with E-state index in [1.54, 1.807) is 12.1 Å². The summed E-state index contributed by atoms with van der Waals surface area (Å²) in [7, 11) is 0. The average molecular weight is 296 g/mol. The zero-order valence-electron chi connectivity index (χ0n) is 11.0. The van der Waals surface area contributed by atoms with Gasteiger partial charge in [0.05, 0.1) is 4.88 Å². The molecule has 21 heavy (non-hydrogen) atoms. The molecule has 3 aromatic rings. The van der Waals surface area contributed by atoms with E-state index >= 15 is 0 Å². The second-order valence-corrected chi connectivity index (χ2v) is 5.49. The van der Waals surface area contributed by atoms with Crippen LogP contribution in [0.2, 0.25) is 0 Å². The van der Waals surface area contributed by atoms with E-state index in [4.69, 9.17) is 5.73 Å². The topological polar surface area (TPSA) is 76.2 Å². The van der Waals surface area contributed by atoms with Gasteiger partial charge >= 0.3 is 5.97 Å². The molecule has 1 heterocycles. The molecule has 0 aliphatic rings. The van der Waals surface area contributed by atoms with Crippen LogP contribution >= 0.6 is 11.3 Å². The number of hydrogen-bond donors (Lipinski definition) is 2. The fraction of sp³-hybridized carbons (Fsp3) is 0. The maximum absolute atomic E-state index is 11.4. The molecule has 0 aliphatic heterocycles. The molecule has 0 saturated carbocycles. The zero-order valence-corrected chi connectivity index (χ0v) is 11.8. The van der Waals surface area contributed by atoms with Gasteiger partial charge in [-0.25, -0.2) is 9.78 Å². The van der Waals surface area contributed by atoms with Crippen LogP contribution in [0.4, 0.5) is 5.69 Å². The second kappa shape index (κ2) is 5.38. The van der Waals surface area contributed by atoms with E-state index in [0.29, 0.717) is 15.6 Å². The quantitative estimate of drug-likeness (QED) is 0.721. The molecule has 0 fully saturated rings. The van der Waals surface area contributed by atoms with Gasteiger partial charge in [0.25, 0.3) is 0 Å². The van der Waals surface area contributed by atoms with Crippen LogP contribution < -0.4 is 5.73 Å². The Morgan fingerprint density at radius 2 is 1.67 bits per heavy atom. The molecule has 0 aliphatic carbocycles. The van der Waals surface area contributed by atoms with Gasteiger partial charge in [-0.1, -0.05) is 42.5 Å². The van der Waals surface area contributed by atoms with Crippen molar-refractivity contribution >= 4 is 23.0 Å². The lowest BCUT2D eigenvalue weighted by Gasteiger charge is -1.99. The van der Waals surface area contributed by atoms with Crippen LogP contribution in [-0.4, -0.2) is 16.1 Å². The number of nitrogen functional groups attached to an aromatic ring is 1. The fourth-order valence-electron chi connectivity index (χ4n) is 2.00. The van der Waals surface area contributed by atoms with Crippen LogP contribution in [-0.2, 0) is 0 Å². The minimum absolute atomic E-state index is 0.0728. The van der Waals surface area contributed by atoms with Crippen molar-refractivity contribution in [2.75, 3.05) is 5.73 Å². The number of aromatic carboxylic acids is 1. The van der Waals surface area contributed by atoms with Crippen LogP contribution in [0.1, 0.15) is 10.5 Å². The Morgan fingerprint density at radius 3 is 2.29 bits per heavy atom. The molecule has 0 unspecified atom stereocenters. The van der Waals surface area contributed by atoms with Crippen LogP contribution in [0, 0.1) is 0 Å². The predicted octanol–water partition coefficient (Wildman–Crippen LogP) is 3.76. The number of aromatic nitrogens is 1. The smallest absolute Gasteiger partial charge is 0.356 e. The third-order valence-electron chi connectivity index (χ3n) is 3.02. The lowest BCUT2D eigenvalue weighted by molar-refractivity contribution is 0.0692. The summed E-state index contributed by atoms with van der Waals surface area (Å²) in [4.78, 5) is 16.3. The maximum atomic E-state index is 11.4. The Bertz CT molecular complexity index is 780. The number of carboxylic acids is 1. The Kier molecular flexibility index (Phi) is 3.41. The normalized spacial score (nSPS) is 10.5. The first-order valence-electron chi connectivity index (χ1n) is 6.30. The number of carboxylic acid groups (broad SMARTS) is 1. The van der Waals surface area contributed by atoms with E-state index in [2.05, 4.69) is 4.98 Å². The van der Waals surface area contributed by atoms with Gasteiger partial charge in [-0.15, -0.1) is 11.3 Å². The third kappa shape index (κ3) is 2.64. The molecular formula is C16H12N2O2S. The molecule has 0 radical (unpaired) electrons. The van der Waals surface area contributed by atoms with Gasteiger partial charge in [-0.05, 0) is 17.7 Å². The SMILES string of the molecule is Nc1ccc(-c2sc(-c3ccccc3)nc2C(=O)O)cc1. The van der Waals surface area contributed by atoms with Crippen molar-refractivity contribution < 1.29 is 9.90 Å². The molecule has 0 amide bonds. The van der Waals surface area contributed by atoms with Crippen molar-refractivity contribution in [1.29, 1.82) is 0 Å². The number of thiazole rings is 1. The summed E-state index contributed by atoms with van der Waals surface area (Å²) in [6.45, 7) is 0. The first-order chi connectivity index (χ1) is 10.1. The number of hydrogen-bond acceptors (Lipinski definition) is 4. The van der Waals surface area contributed by atoms with Gasteiger partial charge in [0.2, 0.25) is 0 Å². The minimum Gasteiger partial charge on any atom is -0.476 e. The van der Waals surface area contributed by atoms with E-state index in [1.165, 1.54) is 11.3 Å². The van der Waals surface area contributed by atoms with Crippen molar-refractivity contribution in [3.05, 3.63) is 60.3 Å². The highest BCUT2D eigenvalue weighted by molar-refractivity contribution is 7.18. The summed E-state index contributed by atoms with van der Waals surface area (Å²) in [6.07, 6.45) is 0. The number of anilines is 1. The van der Waals surface area contributed by atoms with Crippen molar-refractivity contribution in [3.8, 4) is 21.0 Å². The predicted molar refractivity (Wildman–Crippen MR) is 84.4 cm³/mol. The standard InChI is InChI=1S/C16H12N2O2S/c17-12-8-6-10(7-9-12)14-13(16(19)20)18-15(21-14)11-4-2-1-3-5-11/h1-9H,17H2,(H,19,20).